The highest BCUT2D eigenvalue weighted by molar-refractivity contribution is 7.99. The number of benzene rings is 2. The average molecular weight is 441 g/mol. The molecule has 0 radical (unpaired) electrons. The summed E-state index contributed by atoms with van der Waals surface area (Å²) in [6, 6.07) is 15.5. The Morgan fingerprint density at radius 2 is 2.03 bits per heavy atom. The molecule has 0 saturated heterocycles. The van der Waals surface area contributed by atoms with Crippen molar-refractivity contribution in [2.24, 2.45) is 0 Å². The van der Waals surface area contributed by atoms with E-state index < -0.39 is 0 Å². The number of hydrogen-bond donors (Lipinski definition) is 1. The first-order valence-corrected chi connectivity index (χ1v) is 10.9. The Kier molecular flexibility index (Phi) is 6.11. The molecule has 6 nitrogen and oxygen atoms in total. The van der Waals surface area contributed by atoms with Crippen LogP contribution in [0.25, 0.3) is 16.6 Å². The number of rotatable bonds is 7. The molecule has 2 aromatic heterocycles. The Bertz CT molecular complexity index is 1220. The van der Waals surface area contributed by atoms with Crippen LogP contribution >= 0.6 is 23.4 Å². The fourth-order valence-corrected chi connectivity index (χ4v) is 4.37. The fourth-order valence-electron chi connectivity index (χ4n) is 3.28. The zero-order valence-electron chi connectivity index (χ0n) is 16.7. The summed E-state index contributed by atoms with van der Waals surface area (Å²) in [4.78, 5) is 12.2. The van der Waals surface area contributed by atoms with E-state index in [9.17, 15) is 4.79 Å². The number of aromatic nitrogens is 3. The van der Waals surface area contributed by atoms with E-state index in [0.717, 1.165) is 38.6 Å². The summed E-state index contributed by atoms with van der Waals surface area (Å²) < 4.78 is 7.40. The van der Waals surface area contributed by atoms with Crippen LogP contribution in [0.5, 0.6) is 5.75 Å². The van der Waals surface area contributed by atoms with Crippen molar-refractivity contribution in [2.75, 3.05) is 12.9 Å². The minimum Gasteiger partial charge on any atom is -0.497 e. The summed E-state index contributed by atoms with van der Waals surface area (Å²) in [5.41, 5.74) is 3.79. The highest BCUT2D eigenvalue weighted by atomic mass is 35.5. The average Bonchev–Trinajstić information content (AvgIpc) is 3.15. The summed E-state index contributed by atoms with van der Waals surface area (Å²) in [7, 11) is 1.65. The molecule has 0 saturated carbocycles. The zero-order valence-corrected chi connectivity index (χ0v) is 18.3. The molecule has 0 aliphatic carbocycles. The molecule has 2 aromatic carbocycles. The predicted octanol–water partition coefficient (Wildman–Crippen LogP) is 4.65. The zero-order chi connectivity index (χ0) is 21.1. The number of nitrogens with one attached hydrogen (secondary N) is 1. The molecule has 0 spiro atoms. The van der Waals surface area contributed by atoms with Gasteiger partial charge < -0.3 is 10.1 Å². The Labute approximate surface area is 183 Å². The van der Waals surface area contributed by atoms with Crippen molar-refractivity contribution in [3.8, 4) is 5.75 Å². The van der Waals surface area contributed by atoms with Gasteiger partial charge in [-0.25, -0.2) is 0 Å². The van der Waals surface area contributed by atoms with E-state index in [0.29, 0.717) is 23.7 Å². The minimum atomic E-state index is -0.0291. The van der Waals surface area contributed by atoms with Crippen LogP contribution in [-0.2, 0) is 11.3 Å². The van der Waals surface area contributed by atoms with E-state index >= 15 is 0 Å². The predicted molar refractivity (Wildman–Crippen MR) is 120 cm³/mol. The summed E-state index contributed by atoms with van der Waals surface area (Å²) in [5.74, 6) is 1.34. The summed E-state index contributed by atoms with van der Waals surface area (Å²) in [5, 5.41) is 14.1. The topological polar surface area (TPSA) is 68.5 Å². The van der Waals surface area contributed by atoms with Gasteiger partial charge in [0.05, 0.1) is 12.6 Å². The van der Waals surface area contributed by atoms with Crippen molar-refractivity contribution in [3.05, 3.63) is 64.7 Å². The molecule has 4 rings (SSSR count). The number of thioether (sulfide) groups is 1. The lowest BCUT2D eigenvalue weighted by Gasteiger charge is -2.09. The van der Waals surface area contributed by atoms with E-state index in [4.69, 9.17) is 16.3 Å². The molecule has 0 atom stereocenters. The monoisotopic (exact) mass is 440 g/mol. The third kappa shape index (κ3) is 4.22. The summed E-state index contributed by atoms with van der Waals surface area (Å²) >= 11 is 7.64. The number of carbonyl (C=O) groups excluding carboxylic acids is 1. The van der Waals surface area contributed by atoms with E-state index in [2.05, 4.69) is 22.4 Å². The van der Waals surface area contributed by atoms with Gasteiger partial charge in [0.15, 0.2) is 10.8 Å². The van der Waals surface area contributed by atoms with Gasteiger partial charge >= 0.3 is 0 Å². The number of hydrogen-bond acceptors (Lipinski definition) is 5. The molecule has 0 unspecified atom stereocenters. The van der Waals surface area contributed by atoms with E-state index in [1.165, 1.54) is 11.8 Å². The molecule has 8 heteroatoms. The van der Waals surface area contributed by atoms with Crippen molar-refractivity contribution in [1.29, 1.82) is 0 Å². The molecule has 0 aliphatic heterocycles. The van der Waals surface area contributed by atoms with Gasteiger partial charge in [0, 0.05) is 35.2 Å². The number of pyridine rings is 1. The van der Waals surface area contributed by atoms with Crippen LogP contribution in [0.1, 0.15) is 17.5 Å². The van der Waals surface area contributed by atoms with Crippen LogP contribution in [0.3, 0.4) is 0 Å². The highest BCUT2D eigenvalue weighted by Crippen LogP contribution is 2.28. The van der Waals surface area contributed by atoms with Gasteiger partial charge in [-0.2, -0.15) is 0 Å². The molecular formula is C22H21ClN4O2S. The van der Waals surface area contributed by atoms with Gasteiger partial charge in [0.25, 0.3) is 0 Å². The number of methoxy groups -OCH3 is 1. The smallest absolute Gasteiger partial charge is 0.221 e. The van der Waals surface area contributed by atoms with Crippen molar-refractivity contribution < 1.29 is 9.53 Å². The molecule has 154 valence electrons. The Morgan fingerprint density at radius 3 is 2.83 bits per heavy atom. The fraction of sp³-hybridized carbons (Fsp3) is 0.227. The molecule has 2 heterocycles. The maximum absolute atomic E-state index is 12.2. The minimum absolute atomic E-state index is 0.0291. The first kappa shape index (κ1) is 20.5. The van der Waals surface area contributed by atoms with Crippen molar-refractivity contribution in [1.82, 2.24) is 19.9 Å². The van der Waals surface area contributed by atoms with Crippen molar-refractivity contribution >= 4 is 45.8 Å². The number of ether oxygens (including phenoxy) is 1. The van der Waals surface area contributed by atoms with Gasteiger partial charge in [0.1, 0.15) is 5.75 Å². The second kappa shape index (κ2) is 8.93. The number of carbonyl (C=O) groups is 1. The normalized spacial score (nSPS) is 11.2. The third-order valence-corrected chi connectivity index (χ3v) is 6.17. The van der Waals surface area contributed by atoms with Crippen LogP contribution < -0.4 is 10.1 Å². The lowest BCUT2D eigenvalue weighted by Crippen LogP contribution is -2.23. The first-order chi connectivity index (χ1) is 14.6. The Balaban J connectivity index is 1.46. The van der Waals surface area contributed by atoms with Crippen LogP contribution in [-0.4, -0.2) is 33.4 Å². The van der Waals surface area contributed by atoms with Crippen LogP contribution in [0.4, 0.5) is 0 Å². The Morgan fingerprint density at radius 1 is 1.20 bits per heavy atom. The maximum atomic E-state index is 12.2. The standard InChI is InChI=1S/C22H21ClN4O2S/c1-14-11-20-25-26-22(27(20)19-12-16(29-2)7-8-17(14)19)30-10-9-21(28)24-13-15-5-3-4-6-18(15)23/h3-8,11-12H,9-10,13H2,1-2H3,(H,24,28). The summed E-state index contributed by atoms with van der Waals surface area (Å²) in [6.07, 6.45) is 0.372. The van der Waals surface area contributed by atoms with Gasteiger partial charge in [0.2, 0.25) is 5.91 Å². The first-order valence-electron chi connectivity index (χ1n) is 9.52. The number of halogens is 1. The molecular weight excluding hydrogens is 420 g/mol. The number of amides is 1. The molecule has 0 bridgehead atoms. The molecule has 0 aliphatic rings. The molecule has 1 N–H and O–H groups in total. The van der Waals surface area contributed by atoms with Crippen molar-refractivity contribution in [3.63, 3.8) is 0 Å². The lowest BCUT2D eigenvalue weighted by atomic mass is 10.1. The van der Waals surface area contributed by atoms with Gasteiger partial charge in [-0.3, -0.25) is 9.20 Å². The molecule has 4 aromatic rings. The van der Waals surface area contributed by atoms with E-state index in [1.54, 1.807) is 7.11 Å². The van der Waals surface area contributed by atoms with Crippen LogP contribution in [0.15, 0.2) is 53.7 Å². The van der Waals surface area contributed by atoms with E-state index in [1.807, 2.05) is 52.9 Å². The Hall–Kier alpha value is -2.77. The van der Waals surface area contributed by atoms with Crippen LogP contribution in [0.2, 0.25) is 5.02 Å². The second-order valence-corrected chi connectivity index (χ2v) is 8.32. The lowest BCUT2D eigenvalue weighted by molar-refractivity contribution is -0.120. The van der Waals surface area contributed by atoms with Gasteiger partial charge in [-0.15, -0.1) is 10.2 Å². The van der Waals surface area contributed by atoms with Crippen LogP contribution in [0, 0.1) is 6.92 Å². The largest absolute Gasteiger partial charge is 0.497 e. The number of aryl methyl sites for hydroxylation is 1. The summed E-state index contributed by atoms with van der Waals surface area (Å²) in [6.45, 7) is 2.47. The van der Waals surface area contributed by atoms with Gasteiger partial charge in [-0.05, 0) is 42.3 Å². The number of fused-ring (bicyclic) bond motifs is 3. The van der Waals surface area contributed by atoms with E-state index in [-0.39, 0.29) is 5.91 Å². The SMILES string of the molecule is COc1ccc2c(C)cc3nnc(SCCC(=O)NCc4ccccc4Cl)n3c2c1. The van der Waals surface area contributed by atoms with Gasteiger partial charge in [-0.1, -0.05) is 41.6 Å². The molecule has 0 fully saturated rings. The second-order valence-electron chi connectivity index (χ2n) is 6.85. The highest BCUT2D eigenvalue weighted by Gasteiger charge is 2.13. The van der Waals surface area contributed by atoms with Crippen molar-refractivity contribution in [2.45, 2.75) is 25.0 Å². The number of nitrogens with zero attached hydrogens (tertiary/aromatic N) is 3. The molecule has 30 heavy (non-hydrogen) atoms. The molecule has 1 amide bonds. The maximum Gasteiger partial charge on any atom is 0.221 e. The quantitative estimate of drug-likeness (QED) is 0.423. The third-order valence-electron chi connectivity index (χ3n) is 4.87.